The van der Waals surface area contributed by atoms with Crippen LogP contribution in [0.4, 0.5) is 0 Å². The lowest BCUT2D eigenvalue weighted by Gasteiger charge is -2.12. The second-order valence-corrected chi connectivity index (χ2v) is 2.34. The maximum Gasteiger partial charge on any atom is 0.196 e. The van der Waals surface area contributed by atoms with Crippen molar-refractivity contribution < 1.29 is 9.53 Å². The van der Waals surface area contributed by atoms with Crippen LogP contribution in [0.3, 0.4) is 0 Å². The van der Waals surface area contributed by atoms with Gasteiger partial charge in [-0.2, -0.15) is 0 Å². The van der Waals surface area contributed by atoms with Gasteiger partial charge in [-0.15, -0.1) is 0 Å². The quantitative estimate of drug-likeness (QED) is 0.583. The summed E-state index contributed by atoms with van der Waals surface area (Å²) in [5, 5.41) is 0. The molecule has 0 N–H and O–H groups in total. The van der Waals surface area contributed by atoms with Crippen LogP contribution in [-0.4, -0.2) is 12.4 Å². The van der Waals surface area contributed by atoms with E-state index in [4.69, 9.17) is 4.74 Å². The number of hydrogen-bond acceptors (Lipinski definition) is 2. The summed E-state index contributed by atoms with van der Waals surface area (Å²) in [5.41, 5.74) is 0. The van der Waals surface area contributed by atoms with Crippen LogP contribution in [0.15, 0.2) is 11.8 Å². The molecule has 56 valence electrons. The Balaban J connectivity index is 2.53. The highest BCUT2D eigenvalue weighted by Gasteiger charge is 2.10. The molecule has 0 unspecified atom stereocenters. The fraction of sp³-hybridized carbons (Fsp3) is 0.625. The van der Waals surface area contributed by atoms with Crippen molar-refractivity contribution in [2.45, 2.75) is 26.2 Å². The van der Waals surface area contributed by atoms with Gasteiger partial charge in [0.1, 0.15) is 0 Å². The summed E-state index contributed by atoms with van der Waals surface area (Å²) in [7, 11) is 0. The molecule has 1 aliphatic rings. The summed E-state index contributed by atoms with van der Waals surface area (Å²) >= 11 is 0. The number of ketones is 1. The summed E-state index contributed by atoms with van der Waals surface area (Å²) in [5.74, 6) is 0.702. The van der Waals surface area contributed by atoms with Crippen LogP contribution in [0.5, 0.6) is 0 Å². The van der Waals surface area contributed by atoms with E-state index < -0.39 is 0 Å². The average Bonchev–Trinajstić information content (AvgIpc) is 2.05. The molecule has 0 saturated carbocycles. The van der Waals surface area contributed by atoms with Crippen LogP contribution < -0.4 is 0 Å². The van der Waals surface area contributed by atoms with Gasteiger partial charge in [-0.25, -0.2) is 0 Å². The molecule has 0 saturated heterocycles. The van der Waals surface area contributed by atoms with Crippen LogP contribution in [-0.2, 0) is 9.53 Å². The van der Waals surface area contributed by atoms with Crippen molar-refractivity contribution >= 4 is 5.78 Å². The molecular weight excluding hydrogens is 128 g/mol. The van der Waals surface area contributed by atoms with Crippen molar-refractivity contribution in [2.24, 2.45) is 0 Å². The summed E-state index contributed by atoms with van der Waals surface area (Å²) in [6.45, 7) is 2.55. The zero-order valence-corrected chi connectivity index (χ0v) is 6.22. The first-order valence-corrected chi connectivity index (χ1v) is 3.70. The van der Waals surface area contributed by atoms with Crippen LogP contribution in [0.25, 0.3) is 0 Å². The van der Waals surface area contributed by atoms with Crippen molar-refractivity contribution in [3.05, 3.63) is 11.8 Å². The van der Waals surface area contributed by atoms with Crippen molar-refractivity contribution in [1.29, 1.82) is 0 Å². The third-order valence-corrected chi connectivity index (χ3v) is 1.53. The number of hydrogen-bond donors (Lipinski definition) is 0. The van der Waals surface area contributed by atoms with Gasteiger partial charge in [0.15, 0.2) is 11.5 Å². The summed E-state index contributed by atoms with van der Waals surface area (Å²) < 4.78 is 5.14. The van der Waals surface area contributed by atoms with Crippen molar-refractivity contribution in [1.82, 2.24) is 0 Å². The van der Waals surface area contributed by atoms with E-state index in [1.807, 2.05) is 13.0 Å². The van der Waals surface area contributed by atoms with Gasteiger partial charge < -0.3 is 4.74 Å². The van der Waals surface area contributed by atoms with Gasteiger partial charge in [0.25, 0.3) is 0 Å². The monoisotopic (exact) mass is 140 g/mol. The topological polar surface area (TPSA) is 26.3 Å². The minimum absolute atomic E-state index is 0.125. The van der Waals surface area contributed by atoms with E-state index in [1.165, 1.54) is 0 Å². The molecule has 0 fully saturated rings. The molecule has 0 amide bonds. The molecule has 0 radical (unpaired) electrons. The summed E-state index contributed by atoms with van der Waals surface area (Å²) in [6.07, 6.45) is 4.46. The first kappa shape index (κ1) is 7.32. The minimum Gasteiger partial charge on any atom is -0.490 e. The molecule has 0 aromatic heterocycles. The van der Waals surface area contributed by atoms with Crippen LogP contribution in [0.1, 0.15) is 26.2 Å². The average molecular weight is 140 g/mol. The molecule has 0 bridgehead atoms. The van der Waals surface area contributed by atoms with Gasteiger partial charge in [0.05, 0.1) is 6.61 Å². The van der Waals surface area contributed by atoms with Crippen molar-refractivity contribution in [3.63, 3.8) is 0 Å². The van der Waals surface area contributed by atoms with Gasteiger partial charge >= 0.3 is 0 Å². The zero-order valence-electron chi connectivity index (χ0n) is 6.22. The van der Waals surface area contributed by atoms with E-state index in [0.29, 0.717) is 18.8 Å². The van der Waals surface area contributed by atoms with Crippen LogP contribution >= 0.6 is 0 Å². The molecular formula is C8H12O2. The number of carbonyl (C=O) groups excluding carboxylic acids is 1. The second kappa shape index (κ2) is 3.40. The maximum atomic E-state index is 11.0. The van der Waals surface area contributed by atoms with E-state index in [2.05, 4.69) is 0 Å². The van der Waals surface area contributed by atoms with Crippen molar-refractivity contribution in [2.75, 3.05) is 6.61 Å². The first-order valence-electron chi connectivity index (χ1n) is 3.70. The predicted octanol–water partition coefficient (Wildman–Crippen LogP) is 1.66. The number of rotatable bonds is 2. The van der Waals surface area contributed by atoms with E-state index in [1.54, 1.807) is 0 Å². The third-order valence-electron chi connectivity index (χ3n) is 1.53. The van der Waals surface area contributed by atoms with Gasteiger partial charge in [-0.1, -0.05) is 6.92 Å². The zero-order chi connectivity index (χ0) is 7.40. The molecule has 2 heteroatoms. The van der Waals surface area contributed by atoms with Crippen LogP contribution in [0, 0.1) is 0 Å². The van der Waals surface area contributed by atoms with E-state index in [0.717, 1.165) is 12.8 Å². The fourth-order valence-corrected chi connectivity index (χ4v) is 0.926. The SMILES string of the molecule is CCC(=O)C1=CCCCO1. The molecule has 1 heterocycles. The highest BCUT2D eigenvalue weighted by atomic mass is 16.5. The molecule has 0 spiro atoms. The normalized spacial score (nSPS) is 17.5. The Morgan fingerprint density at radius 2 is 2.60 bits per heavy atom. The number of ether oxygens (including phenoxy) is 1. The van der Waals surface area contributed by atoms with E-state index in [9.17, 15) is 4.79 Å². The second-order valence-electron chi connectivity index (χ2n) is 2.34. The van der Waals surface area contributed by atoms with E-state index >= 15 is 0 Å². The Kier molecular flexibility index (Phi) is 2.49. The lowest BCUT2D eigenvalue weighted by molar-refractivity contribution is -0.118. The summed E-state index contributed by atoms with van der Waals surface area (Å²) in [4.78, 5) is 11.0. The lowest BCUT2D eigenvalue weighted by Crippen LogP contribution is -2.09. The Bertz CT molecular complexity index is 159. The third kappa shape index (κ3) is 1.59. The smallest absolute Gasteiger partial charge is 0.196 e. The largest absolute Gasteiger partial charge is 0.490 e. The van der Waals surface area contributed by atoms with E-state index in [-0.39, 0.29) is 5.78 Å². The molecule has 0 aliphatic carbocycles. The Morgan fingerprint density at radius 3 is 3.10 bits per heavy atom. The Labute approximate surface area is 60.9 Å². The molecule has 2 nitrogen and oxygen atoms in total. The highest BCUT2D eigenvalue weighted by molar-refractivity contribution is 5.93. The molecule has 1 rings (SSSR count). The number of allylic oxidation sites excluding steroid dienone is 2. The highest BCUT2D eigenvalue weighted by Crippen LogP contribution is 2.11. The molecule has 0 aromatic carbocycles. The molecule has 0 aromatic rings. The van der Waals surface area contributed by atoms with Gasteiger partial charge in [-0.3, -0.25) is 4.79 Å². The van der Waals surface area contributed by atoms with Crippen LogP contribution in [0.2, 0.25) is 0 Å². The van der Waals surface area contributed by atoms with Gasteiger partial charge in [0.2, 0.25) is 0 Å². The maximum absolute atomic E-state index is 11.0. The standard InChI is InChI=1S/C8H12O2/c1-2-7(9)8-5-3-4-6-10-8/h5H,2-4,6H2,1H3. The minimum atomic E-state index is 0.125. The summed E-state index contributed by atoms with van der Waals surface area (Å²) in [6, 6.07) is 0. The molecule has 10 heavy (non-hydrogen) atoms. The molecule has 1 aliphatic heterocycles. The Hall–Kier alpha value is -0.790. The lowest BCUT2D eigenvalue weighted by atomic mass is 10.2. The Morgan fingerprint density at radius 1 is 1.80 bits per heavy atom. The van der Waals surface area contributed by atoms with Gasteiger partial charge in [0, 0.05) is 6.42 Å². The number of Topliss-reactive ketones (excluding diaryl/α,β-unsaturated/α-hetero) is 1. The molecule has 0 atom stereocenters. The fourth-order valence-electron chi connectivity index (χ4n) is 0.926. The van der Waals surface area contributed by atoms with Gasteiger partial charge in [-0.05, 0) is 18.9 Å². The van der Waals surface area contributed by atoms with Crippen molar-refractivity contribution in [3.8, 4) is 0 Å². The first-order chi connectivity index (χ1) is 4.84. The number of carbonyl (C=O) groups is 1. The predicted molar refractivity (Wildman–Crippen MR) is 38.6 cm³/mol.